The molecule has 0 bridgehead atoms. The van der Waals surface area contributed by atoms with Crippen LogP contribution in [0.3, 0.4) is 0 Å². The molecule has 1 aliphatic heterocycles. The van der Waals surface area contributed by atoms with Gasteiger partial charge in [0.2, 0.25) is 15.6 Å². The quantitative estimate of drug-likeness (QED) is 0.469. The summed E-state index contributed by atoms with van der Waals surface area (Å²) in [5, 5.41) is 10.3. The number of halogens is 1. The Hall–Kier alpha value is -3.51. The van der Waals surface area contributed by atoms with E-state index in [0.29, 0.717) is 39.0 Å². The minimum absolute atomic E-state index is 0.0882. The Morgan fingerprint density at radius 2 is 1.94 bits per heavy atom. The standard InChI is InChI=1S/C23H15ClN4O3S/c1-12-14(10-25)3-2-4-17(12)21-18(8-13-5-6-20(29)27-23(13)28-21)15-7-16-11-26-32(30,31)22(16)19(24)9-15/h2-9,26H,11H2,1H3,(H,27,28,29). The molecule has 2 N–H and O–H groups in total. The molecule has 0 fully saturated rings. The monoisotopic (exact) mass is 462 g/mol. The van der Waals surface area contributed by atoms with Crippen molar-refractivity contribution in [3.63, 3.8) is 0 Å². The number of sulfonamides is 1. The molecule has 2 aromatic carbocycles. The maximum absolute atomic E-state index is 12.3. The molecule has 0 saturated carbocycles. The Morgan fingerprint density at radius 3 is 2.72 bits per heavy atom. The molecule has 9 heteroatoms. The van der Waals surface area contributed by atoms with Gasteiger partial charge >= 0.3 is 0 Å². The molecule has 5 rings (SSSR count). The van der Waals surface area contributed by atoms with Gasteiger partial charge in [-0.3, -0.25) is 4.79 Å². The number of fused-ring (bicyclic) bond motifs is 2. The summed E-state index contributed by atoms with van der Waals surface area (Å²) >= 11 is 6.40. The highest BCUT2D eigenvalue weighted by molar-refractivity contribution is 7.90. The van der Waals surface area contributed by atoms with Crippen LogP contribution in [0, 0.1) is 18.3 Å². The van der Waals surface area contributed by atoms with Gasteiger partial charge in [0, 0.05) is 29.1 Å². The van der Waals surface area contributed by atoms with E-state index in [0.717, 1.165) is 11.1 Å². The average molecular weight is 463 g/mol. The van der Waals surface area contributed by atoms with Crippen molar-refractivity contribution >= 4 is 32.7 Å². The van der Waals surface area contributed by atoms with E-state index in [1.165, 1.54) is 6.07 Å². The van der Waals surface area contributed by atoms with Crippen molar-refractivity contribution in [2.24, 2.45) is 0 Å². The number of nitriles is 1. The van der Waals surface area contributed by atoms with E-state index < -0.39 is 10.0 Å². The summed E-state index contributed by atoms with van der Waals surface area (Å²) in [5.41, 5.74) is 4.64. The molecule has 0 spiro atoms. The molecular weight excluding hydrogens is 448 g/mol. The highest BCUT2D eigenvalue weighted by atomic mass is 35.5. The van der Waals surface area contributed by atoms with Crippen LogP contribution in [0.5, 0.6) is 0 Å². The van der Waals surface area contributed by atoms with Crippen LogP contribution in [0.25, 0.3) is 33.4 Å². The number of benzene rings is 2. The van der Waals surface area contributed by atoms with Gasteiger partial charge in [0.1, 0.15) is 10.5 Å². The molecular formula is C23H15ClN4O3S. The molecule has 32 heavy (non-hydrogen) atoms. The van der Waals surface area contributed by atoms with Crippen molar-refractivity contribution in [1.29, 1.82) is 5.26 Å². The molecule has 3 heterocycles. The molecule has 0 aliphatic carbocycles. The number of rotatable bonds is 2. The van der Waals surface area contributed by atoms with Crippen LogP contribution in [-0.4, -0.2) is 18.4 Å². The van der Waals surface area contributed by atoms with E-state index in [-0.39, 0.29) is 22.0 Å². The second-order valence-corrected chi connectivity index (χ2v) is 9.62. The summed E-state index contributed by atoms with van der Waals surface area (Å²) < 4.78 is 27.0. The summed E-state index contributed by atoms with van der Waals surface area (Å²) in [5.74, 6) is 0. The molecule has 0 radical (unpaired) electrons. The Balaban J connectivity index is 1.85. The molecule has 1 aliphatic rings. The highest BCUT2D eigenvalue weighted by Gasteiger charge is 2.29. The van der Waals surface area contributed by atoms with Crippen LogP contribution in [0.2, 0.25) is 5.02 Å². The van der Waals surface area contributed by atoms with Crippen LogP contribution in [-0.2, 0) is 16.6 Å². The van der Waals surface area contributed by atoms with E-state index in [1.807, 2.05) is 19.1 Å². The Labute approximate surface area is 188 Å². The van der Waals surface area contributed by atoms with Crippen molar-refractivity contribution < 1.29 is 8.42 Å². The predicted octanol–water partition coefficient (Wildman–Crippen LogP) is 3.88. The molecule has 4 aromatic rings. The fourth-order valence-corrected chi connectivity index (χ4v) is 5.83. The average Bonchev–Trinajstić information content (AvgIpc) is 3.08. The first kappa shape index (κ1) is 20.4. The number of hydrogen-bond acceptors (Lipinski definition) is 5. The highest BCUT2D eigenvalue weighted by Crippen LogP contribution is 2.39. The lowest BCUT2D eigenvalue weighted by molar-refractivity contribution is 0.589. The first-order valence-corrected chi connectivity index (χ1v) is 11.5. The minimum Gasteiger partial charge on any atom is -0.307 e. The Kier molecular flexibility index (Phi) is 4.64. The molecule has 0 amide bonds. The number of H-pyrrole nitrogens is 1. The fraction of sp³-hybridized carbons (Fsp3) is 0.0870. The van der Waals surface area contributed by atoms with Gasteiger partial charge in [0.05, 0.1) is 22.3 Å². The first-order chi connectivity index (χ1) is 15.3. The number of aromatic amines is 1. The summed E-state index contributed by atoms with van der Waals surface area (Å²) in [6.07, 6.45) is 0. The minimum atomic E-state index is -3.63. The number of nitrogens with zero attached hydrogens (tertiary/aromatic N) is 2. The van der Waals surface area contributed by atoms with Gasteiger partial charge in [0.15, 0.2) is 0 Å². The fourth-order valence-electron chi connectivity index (χ4n) is 4.00. The third-order valence-corrected chi connectivity index (χ3v) is 7.52. The summed E-state index contributed by atoms with van der Waals surface area (Å²) in [6.45, 7) is 1.99. The van der Waals surface area contributed by atoms with Gasteiger partial charge in [-0.25, -0.2) is 18.1 Å². The lowest BCUT2D eigenvalue weighted by Gasteiger charge is -2.15. The SMILES string of the molecule is Cc1c(C#N)cccc1-c1nc2[nH]c(=O)ccc2cc1-c1cc(Cl)c2c(c1)CNS2(=O)=O. The van der Waals surface area contributed by atoms with Crippen molar-refractivity contribution in [3.05, 3.63) is 80.6 Å². The topological polar surface area (TPSA) is 116 Å². The van der Waals surface area contributed by atoms with Gasteiger partial charge in [-0.2, -0.15) is 5.26 Å². The van der Waals surface area contributed by atoms with E-state index >= 15 is 0 Å². The summed E-state index contributed by atoms with van der Waals surface area (Å²) in [6, 6.07) is 15.9. The molecule has 0 atom stereocenters. The predicted molar refractivity (Wildman–Crippen MR) is 122 cm³/mol. The van der Waals surface area contributed by atoms with Gasteiger partial charge < -0.3 is 4.98 Å². The van der Waals surface area contributed by atoms with Crippen LogP contribution < -0.4 is 10.3 Å². The number of hydrogen-bond donors (Lipinski definition) is 2. The maximum Gasteiger partial charge on any atom is 0.249 e. The number of pyridine rings is 2. The normalized spacial score (nSPS) is 14.3. The van der Waals surface area contributed by atoms with Gasteiger partial charge in [-0.15, -0.1) is 0 Å². The van der Waals surface area contributed by atoms with Crippen molar-refractivity contribution in [3.8, 4) is 28.5 Å². The molecule has 0 saturated heterocycles. The zero-order valence-corrected chi connectivity index (χ0v) is 18.3. The van der Waals surface area contributed by atoms with Gasteiger partial charge in [-0.1, -0.05) is 23.7 Å². The van der Waals surface area contributed by atoms with Crippen LogP contribution in [0.15, 0.2) is 58.2 Å². The smallest absolute Gasteiger partial charge is 0.249 e. The molecule has 7 nitrogen and oxygen atoms in total. The Morgan fingerprint density at radius 1 is 1.12 bits per heavy atom. The Bertz CT molecular complexity index is 1650. The van der Waals surface area contributed by atoms with Gasteiger partial charge in [-0.05, 0) is 53.9 Å². The zero-order chi connectivity index (χ0) is 22.6. The third kappa shape index (κ3) is 3.19. The molecule has 158 valence electrons. The van der Waals surface area contributed by atoms with Crippen LogP contribution in [0.4, 0.5) is 0 Å². The van der Waals surface area contributed by atoms with E-state index in [2.05, 4.69) is 15.8 Å². The third-order valence-electron chi connectivity index (χ3n) is 5.57. The summed E-state index contributed by atoms with van der Waals surface area (Å²) in [7, 11) is -3.63. The van der Waals surface area contributed by atoms with E-state index in [4.69, 9.17) is 16.6 Å². The first-order valence-electron chi connectivity index (χ1n) is 9.65. The van der Waals surface area contributed by atoms with Crippen molar-refractivity contribution in [1.82, 2.24) is 14.7 Å². The molecule has 2 aromatic heterocycles. The summed E-state index contributed by atoms with van der Waals surface area (Å²) in [4.78, 5) is 19.4. The van der Waals surface area contributed by atoms with Crippen molar-refractivity contribution in [2.45, 2.75) is 18.4 Å². The van der Waals surface area contributed by atoms with Crippen LogP contribution >= 0.6 is 11.6 Å². The van der Waals surface area contributed by atoms with Gasteiger partial charge in [0.25, 0.3) is 0 Å². The molecule has 0 unspecified atom stereocenters. The van der Waals surface area contributed by atoms with Crippen molar-refractivity contribution in [2.75, 3.05) is 0 Å². The second-order valence-electron chi connectivity index (χ2n) is 7.51. The largest absolute Gasteiger partial charge is 0.307 e. The maximum atomic E-state index is 12.3. The lowest BCUT2D eigenvalue weighted by Crippen LogP contribution is -2.14. The second kappa shape index (κ2) is 7.28. The van der Waals surface area contributed by atoms with E-state index in [9.17, 15) is 18.5 Å². The number of aromatic nitrogens is 2. The lowest BCUT2D eigenvalue weighted by atomic mass is 9.93. The zero-order valence-electron chi connectivity index (χ0n) is 16.7. The van der Waals surface area contributed by atoms with E-state index in [1.54, 1.807) is 30.3 Å². The van der Waals surface area contributed by atoms with Crippen LogP contribution in [0.1, 0.15) is 16.7 Å². The number of nitrogens with one attached hydrogen (secondary N) is 2.